The second-order valence-electron chi connectivity index (χ2n) is 6.16. The molecule has 0 saturated carbocycles. The Kier molecular flexibility index (Phi) is 3.96. The van der Waals surface area contributed by atoms with Gasteiger partial charge in [-0.2, -0.15) is 0 Å². The first-order valence-corrected chi connectivity index (χ1v) is 10.2. The molecule has 1 N–H and O–H groups in total. The number of hydrogen-bond donors (Lipinski definition) is 1. The van der Waals surface area contributed by atoms with Gasteiger partial charge in [0.15, 0.2) is 0 Å². The molecule has 122 valence electrons. The van der Waals surface area contributed by atoms with Crippen molar-refractivity contribution in [3.8, 4) is 0 Å². The lowest BCUT2D eigenvalue weighted by Gasteiger charge is -2.15. The maximum absolute atomic E-state index is 12.8. The van der Waals surface area contributed by atoms with E-state index >= 15 is 0 Å². The molecule has 6 heteroatoms. The molecule has 0 bridgehead atoms. The molecule has 0 amide bonds. The first kappa shape index (κ1) is 15.6. The molecule has 2 aliphatic rings. The van der Waals surface area contributed by atoms with Gasteiger partial charge in [-0.3, -0.25) is 0 Å². The van der Waals surface area contributed by atoms with E-state index in [1.54, 1.807) is 6.07 Å². The van der Waals surface area contributed by atoms with Crippen LogP contribution in [0.1, 0.15) is 24.0 Å². The summed E-state index contributed by atoms with van der Waals surface area (Å²) in [4.78, 5) is 0.403. The van der Waals surface area contributed by atoms with E-state index < -0.39 is 10.0 Å². The fraction of sp³-hybridized carbons (Fsp3) is 0.412. The minimum atomic E-state index is -3.53. The minimum absolute atomic E-state index is 0.00203. The zero-order chi connectivity index (χ0) is 16.0. The van der Waals surface area contributed by atoms with Crippen LogP contribution >= 0.6 is 15.9 Å². The third kappa shape index (κ3) is 2.71. The van der Waals surface area contributed by atoms with Gasteiger partial charge in [0.1, 0.15) is 0 Å². The number of rotatable bonds is 4. The van der Waals surface area contributed by atoms with Crippen LogP contribution in [0.15, 0.2) is 33.6 Å². The Labute approximate surface area is 144 Å². The smallest absolute Gasteiger partial charge is 0.240 e. The first-order chi connectivity index (χ1) is 11.1. The Morgan fingerprint density at radius 3 is 2.96 bits per heavy atom. The molecular weight excluding hydrogens is 378 g/mol. The highest BCUT2D eigenvalue weighted by Crippen LogP contribution is 2.39. The van der Waals surface area contributed by atoms with Gasteiger partial charge in [0, 0.05) is 17.6 Å². The molecule has 1 fully saturated rings. The van der Waals surface area contributed by atoms with E-state index in [1.165, 1.54) is 5.56 Å². The number of ether oxygens (including phenoxy) is 1. The van der Waals surface area contributed by atoms with Gasteiger partial charge in [-0.15, -0.1) is 0 Å². The van der Waals surface area contributed by atoms with Gasteiger partial charge in [0.2, 0.25) is 10.0 Å². The van der Waals surface area contributed by atoms with Crippen molar-refractivity contribution in [2.75, 3.05) is 13.2 Å². The van der Waals surface area contributed by atoms with Crippen molar-refractivity contribution in [3.05, 3.63) is 39.9 Å². The summed E-state index contributed by atoms with van der Waals surface area (Å²) in [6.45, 7) is 1.07. The molecule has 0 unspecified atom stereocenters. The zero-order valence-corrected chi connectivity index (χ0v) is 15.0. The van der Waals surface area contributed by atoms with Crippen molar-refractivity contribution in [3.63, 3.8) is 0 Å². The van der Waals surface area contributed by atoms with Crippen LogP contribution in [0.5, 0.6) is 0 Å². The second-order valence-corrected chi connectivity index (χ2v) is 8.75. The molecule has 0 radical (unpaired) electrons. The Morgan fingerprint density at radius 1 is 1.30 bits per heavy atom. The molecule has 23 heavy (non-hydrogen) atoms. The lowest BCUT2D eigenvalue weighted by atomic mass is 10.1. The Bertz CT molecular complexity index is 873. The average molecular weight is 396 g/mol. The molecule has 1 saturated heterocycles. The number of benzene rings is 2. The molecule has 1 atom stereocenters. The second kappa shape index (κ2) is 5.84. The Hall–Kier alpha value is -0.950. The fourth-order valence-corrected chi connectivity index (χ4v) is 5.67. The predicted octanol–water partition coefficient (Wildman–Crippen LogP) is 3.16. The number of hydrogen-bond acceptors (Lipinski definition) is 3. The maximum Gasteiger partial charge on any atom is 0.240 e. The van der Waals surface area contributed by atoms with E-state index in [9.17, 15) is 8.42 Å². The van der Waals surface area contributed by atoms with Crippen LogP contribution in [-0.2, 0) is 27.6 Å². The van der Waals surface area contributed by atoms with Gasteiger partial charge >= 0.3 is 0 Å². The molecule has 0 spiro atoms. The Balaban J connectivity index is 1.74. The average Bonchev–Trinajstić information content (AvgIpc) is 3.19. The van der Waals surface area contributed by atoms with E-state index in [4.69, 9.17) is 4.74 Å². The van der Waals surface area contributed by atoms with E-state index in [1.807, 2.05) is 12.1 Å². The van der Waals surface area contributed by atoms with Gasteiger partial charge < -0.3 is 4.74 Å². The van der Waals surface area contributed by atoms with Crippen molar-refractivity contribution in [1.29, 1.82) is 0 Å². The lowest BCUT2D eigenvalue weighted by Crippen LogP contribution is -2.32. The highest BCUT2D eigenvalue weighted by Gasteiger charge is 2.27. The van der Waals surface area contributed by atoms with Gasteiger partial charge in [0.25, 0.3) is 0 Å². The normalized spacial score (nSPS) is 20.5. The van der Waals surface area contributed by atoms with Crippen LogP contribution in [0, 0.1) is 0 Å². The van der Waals surface area contributed by atoms with Crippen molar-refractivity contribution in [1.82, 2.24) is 4.72 Å². The first-order valence-electron chi connectivity index (χ1n) is 7.90. The largest absolute Gasteiger partial charge is 0.377 e. The maximum atomic E-state index is 12.8. The third-order valence-corrected chi connectivity index (χ3v) is 6.87. The molecule has 4 nitrogen and oxygen atoms in total. The van der Waals surface area contributed by atoms with Crippen LogP contribution in [0.2, 0.25) is 0 Å². The predicted molar refractivity (Wildman–Crippen MR) is 93.2 cm³/mol. The summed E-state index contributed by atoms with van der Waals surface area (Å²) in [6, 6.07) is 7.89. The fourth-order valence-electron chi connectivity index (χ4n) is 3.60. The monoisotopic (exact) mass is 395 g/mol. The van der Waals surface area contributed by atoms with Gasteiger partial charge in [-0.05, 0) is 53.6 Å². The summed E-state index contributed by atoms with van der Waals surface area (Å²) in [5, 5.41) is 2.19. The van der Waals surface area contributed by atoms with Crippen molar-refractivity contribution in [2.45, 2.75) is 36.7 Å². The van der Waals surface area contributed by atoms with Gasteiger partial charge in [0.05, 0.1) is 11.0 Å². The van der Waals surface area contributed by atoms with Crippen LogP contribution in [-0.4, -0.2) is 27.7 Å². The molecule has 4 rings (SSSR count). The summed E-state index contributed by atoms with van der Waals surface area (Å²) >= 11 is 3.54. The van der Waals surface area contributed by atoms with Crippen LogP contribution < -0.4 is 4.72 Å². The zero-order valence-electron chi connectivity index (χ0n) is 12.6. The molecule has 1 aliphatic heterocycles. The number of aryl methyl sites for hydroxylation is 2. The molecule has 2 aromatic rings. The van der Waals surface area contributed by atoms with Crippen LogP contribution in [0.25, 0.3) is 10.8 Å². The van der Waals surface area contributed by atoms with Crippen molar-refractivity contribution in [2.24, 2.45) is 0 Å². The summed E-state index contributed by atoms with van der Waals surface area (Å²) in [5.74, 6) is 0. The summed E-state index contributed by atoms with van der Waals surface area (Å²) < 4.78 is 34.7. The minimum Gasteiger partial charge on any atom is -0.377 e. The van der Waals surface area contributed by atoms with E-state index in [0.717, 1.165) is 53.1 Å². The summed E-state index contributed by atoms with van der Waals surface area (Å²) in [6.07, 6.45) is 3.60. The van der Waals surface area contributed by atoms with Gasteiger partial charge in [-0.25, -0.2) is 13.1 Å². The molecule has 1 aliphatic carbocycles. The SMILES string of the molecule is O=S(=O)(NC[C@@H]1CCCO1)c1cc(Br)c2cccc3c2c1CC3. The molecular formula is C17H18BrNO3S. The highest BCUT2D eigenvalue weighted by molar-refractivity contribution is 9.10. The van der Waals surface area contributed by atoms with Crippen molar-refractivity contribution < 1.29 is 13.2 Å². The quantitative estimate of drug-likeness (QED) is 0.864. The molecule has 1 heterocycles. The highest BCUT2D eigenvalue weighted by atomic mass is 79.9. The lowest BCUT2D eigenvalue weighted by molar-refractivity contribution is 0.114. The van der Waals surface area contributed by atoms with Gasteiger partial charge in [-0.1, -0.05) is 34.1 Å². The van der Waals surface area contributed by atoms with Crippen LogP contribution in [0.3, 0.4) is 0 Å². The number of nitrogens with one attached hydrogen (secondary N) is 1. The summed E-state index contributed by atoms with van der Waals surface area (Å²) in [5.41, 5.74) is 2.17. The van der Waals surface area contributed by atoms with Crippen LogP contribution in [0.4, 0.5) is 0 Å². The third-order valence-electron chi connectivity index (χ3n) is 4.72. The van der Waals surface area contributed by atoms with Crippen molar-refractivity contribution >= 4 is 36.7 Å². The van der Waals surface area contributed by atoms with E-state index in [0.29, 0.717) is 11.4 Å². The summed E-state index contributed by atoms with van der Waals surface area (Å²) in [7, 11) is -3.53. The topological polar surface area (TPSA) is 55.4 Å². The van der Waals surface area contributed by atoms with E-state index in [2.05, 4.69) is 26.7 Å². The number of halogens is 1. The molecule has 0 aromatic heterocycles. The Morgan fingerprint density at radius 2 is 2.17 bits per heavy atom. The van der Waals surface area contributed by atoms with E-state index in [-0.39, 0.29) is 6.10 Å². The number of sulfonamides is 1. The standard InChI is InChI=1S/C17H18BrNO3S/c18-15-9-16(23(20,21)19-10-12-4-2-8-22-12)14-7-6-11-3-1-5-13(15)17(11)14/h1,3,5,9,12,19H,2,4,6-8,10H2/t12-/m0/s1. The molecule has 2 aromatic carbocycles.